The summed E-state index contributed by atoms with van der Waals surface area (Å²) in [7, 11) is 0. The molecule has 0 radical (unpaired) electrons. The Morgan fingerprint density at radius 1 is 1.42 bits per heavy atom. The third kappa shape index (κ3) is 3.91. The van der Waals surface area contributed by atoms with E-state index in [9.17, 15) is 13.6 Å². The molecule has 0 aromatic heterocycles. The minimum Gasteiger partial charge on any atom is -0.368 e. The van der Waals surface area contributed by atoms with Crippen LogP contribution in [0.4, 0.5) is 14.5 Å². The number of nitriles is 1. The summed E-state index contributed by atoms with van der Waals surface area (Å²) in [4.78, 5) is 12.2. The van der Waals surface area contributed by atoms with E-state index in [1.54, 1.807) is 6.07 Å². The van der Waals surface area contributed by atoms with Gasteiger partial charge in [0.05, 0.1) is 18.2 Å². The first-order valence-electron chi connectivity index (χ1n) is 5.77. The quantitative estimate of drug-likeness (QED) is 0.884. The van der Waals surface area contributed by atoms with Crippen LogP contribution in [0.1, 0.15) is 19.4 Å². The zero-order valence-electron chi connectivity index (χ0n) is 10.8. The van der Waals surface area contributed by atoms with Crippen molar-refractivity contribution in [2.24, 2.45) is 11.7 Å². The Kier molecular flexibility index (Phi) is 4.81. The molecule has 1 rings (SSSR count). The monoisotopic (exact) mass is 267 g/mol. The van der Waals surface area contributed by atoms with Crippen LogP contribution in [0, 0.1) is 28.9 Å². The number of carbonyl (C=O) groups is 1. The van der Waals surface area contributed by atoms with Crippen molar-refractivity contribution in [3.63, 3.8) is 0 Å². The second kappa shape index (κ2) is 6.14. The highest BCUT2D eigenvalue weighted by molar-refractivity contribution is 5.79. The van der Waals surface area contributed by atoms with Crippen molar-refractivity contribution in [3.05, 3.63) is 29.3 Å². The van der Waals surface area contributed by atoms with Crippen LogP contribution < -0.4 is 10.6 Å². The molecule has 0 unspecified atom stereocenters. The zero-order chi connectivity index (χ0) is 14.6. The van der Waals surface area contributed by atoms with Crippen molar-refractivity contribution < 1.29 is 13.6 Å². The Morgan fingerprint density at radius 3 is 2.32 bits per heavy atom. The lowest BCUT2D eigenvalue weighted by atomic mass is 10.1. The molecule has 0 spiro atoms. The topological polar surface area (TPSA) is 70.1 Å². The maximum Gasteiger partial charge on any atom is 0.236 e. The van der Waals surface area contributed by atoms with Crippen LogP contribution in [0.2, 0.25) is 0 Å². The summed E-state index contributed by atoms with van der Waals surface area (Å²) in [5, 5.41) is 8.64. The molecule has 1 aromatic rings. The van der Waals surface area contributed by atoms with Gasteiger partial charge in [0.15, 0.2) is 11.6 Å². The normalized spacial score (nSPS) is 10.3. The van der Waals surface area contributed by atoms with Gasteiger partial charge < -0.3 is 10.6 Å². The van der Waals surface area contributed by atoms with Crippen LogP contribution in [0.15, 0.2) is 12.1 Å². The van der Waals surface area contributed by atoms with Crippen molar-refractivity contribution in [3.8, 4) is 6.07 Å². The maximum absolute atomic E-state index is 13.9. The van der Waals surface area contributed by atoms with Gasteiger partial charge in [0.2, 0.25) is 5.91 Å². The molecule has 0 aliphatic carbocycles. The second-order valence-electron chi connectivity index (χ2n) is 4.64. The first-order chi connectivity index (χ1) is 8.85. The highest BCUT2D eigenvalue weighted by atomic mass is 19.1. The lowest BCUT2D eigenvalue weighted by molar-refractivity contribution is -0.116. The molecule has 0 atom stereocenters. The number of nitrogens with two attached hydrogens (primary N) is 1. The molecular formula is C13H15F2N3O. The molecule has 0 bridgehead atoms. The van der Waals surface area contributed by atoms with Gasteiger partial charge in [-0.25, -0.2) is 8.78 Å². The van der Waals surface area contributed by atoms with Crippen LogP contribution in [0.5, 0.6) is 0 Å². The molecule has 0 aliphatic heterocycles. The average molecular weight is 267 g/mol. The van der Waals surface area contributed by atoms with E-state index in [1.165, 1.54) is 4.90 Å². The molecule has 19 heavy (non-hydrogen) atoms. The molecule has 0 saturated carbocycles. The number of primary amides is 1. The fourth-order valence-corrected chi connectivity index (χ4v) is 1.80. The number of hydrogen-bond acceptors (Lipinski definition) is 3. The van der Waals surface area contributed by atoms with Crippen LogP contribution in [-0.2, 0) is 4.79 Å². The standard InChI is InChI=1S/C13H15F2N3O/c1-8(2)6-18(7-12(17)19)13-10(14)3-9(5-16)4-11(13)15/h3-4,8H,6-7H2,1-2H3,(H2,17,19). The third-order valence-corrected chi connectivity index (χ3v) is 2.39. The van der Waals surface area contributed by atoms with E-state index < -0.39 is 17.5 Å². The van der Waals surface area contributed by atoms with Crippen LogP contribution >= 0.6 is 0 Å². The first-order valence-corrected chi connectivity index (χ1v) is 5.77. The zero-order valence-corrected chi connectivity index (χ0v) is 10.8. The molecule has 6 heteroatoms. The van der Waals surface area contributed by atoms with Gasteiger partial charge in [0.25, 0.3) is 0 Å². The van der Waals surface area contributed by atoms with E-state index in [2.05, 4.69) is 0 Å². The minimum atomic E-state index is -0.876. The Morgan fingerprint density at radius 2 is 1.95 bits per heavy atom. The Balaban J connectivity index is 3.22. The fourth-order valence-electron chi connectivity index (χ4n) is 1.80. The Labute approximate surface area is 110 Å². The maximum atomic E-state index is 13.9. The number of carbonyl (C=O) groups excluding carboxylic acids is 1. The van der Waals surface area contributed by atoms with Gasteiger partial charge in [-0.2, -0.15) is 5.26 Å². The lowest BCUT2D eigenvalue weighted by Crippen LogP contribution is -2.37. The van der Waals surface area contributed by atoms with Crippen molar-refractivity contribution in [2.45, 2.75) is 13.8 Å². The predicted molar refractivity (Wildman–Crippen MR) is 67.3 cm³/mol. The van der Waals surface area contributed by atoms with Gasteiger partial charge in [-0.3, -0.25) is 4.79 Å². The number of nitrogens with zero attached hydrogens (tertiary/aromatic N) is 2. The van der Waals surface area contributed by atoms with Crippen molar-refractivity contribution >= 4 is 11.6 Å². The number of amides is 1. The van der Waals surface area contributed by atoms with Crippen LogP contribution in [0.25, 0.3) is 0 Å². The average Bonchev–Trinajstić information content (AvgIpc) is 2.25. The van der Waals surface area contributed by atoms with E-state index >= 15 is 0 Å². The smallest absolute Gasteiger partial charge is 0.236 e. The van der Waals surface area contributed by atoms with Crippen LogP contribution in [-0.4, -0.2) is 19.0 Å². The summed E-state index contributed by atoms with van der Waals surface area (Å²) in [6.07, 6.45) is 0. The fraction of sp³-hybridized carbons (Fsp3) is 0.385. The van der Waals surface area contributed by atoms with E-state index in [-0.39, 0.29) is 30.3 Å². The highest BCUT2D eigenvalue weighted by Gasteiger charge is 2.20. The van der Waals surface area contributed by atoms with Crippen LogP contribution in [0.3, 0.4) is 0 Å². The summed E-state index contributed by atoms with van der Waals surface area (Å²) in [6.45, 7) is 3.71. The molecule has 0 aliphatic rings. The largest absolute Gasteiger partial charge is 0.368 e. The Bertz CT molecular complexity index is 500. The lowest BCUT2D eigenvalue weighted by Gasteiger charge is -2.26. The Hall–Kier alpha value is -2.16. The summed E-state index contributed by atoms with van der Waals surface area (Å²) in [5.74, 6) is -2.34. The summed E-state index contributed by atoms with van der Waals surface area (Å²) in [5.41, 5.74) is 4.65. The van der Waals surface area contributed by atoms with Gasteiger partial charge in [-0.05, 0) is 18.1 Å². The summed E-state index contributed by atoms with van der Waals surface area (Å²) < 4.78 is 27.7. The van der Waals surface area contributed by atoms with Gasteiger partial charge in [0.1, 0.15) is 5.69 Å². The molecule has 0 fully saturated rings. The molecule has 4 nitrogen and oxygen atoms in total. The number of benzene rings is 1. The minimum absolute atomic E-state index is 0.0915. The number of rotatable bonds is 5. The van der Waals surface area contributed by atoms with E-state index in [0.29, 0.717) is 0 Å². The highest BCUT2D eigenvalue weighted by Crippen LogP contribution is 2.25. The number of hydrogen-bond donors (Lipinski definition) is 1. The van der Waals surface area contributed by atoms with E-state index in [4.69, 9.17) is 11.0 Å². The van der Waals surface area contributed by atoms with Gasteiger partial charge in [0, 0.05) is 6.54 Å². The summed E-state index contributed by atoms with van der Waals surface area (Å²) >= 11 is 0. The predicted octanol–water partition coefficient (Wildman–Crippen LogP) is 1.78. The number of anilines is 1. The van der Waals surface area contributed by atoms with Crippen molar-refractivity contribution in [1.82, 2.24) is 0 Å². The summed E-state index contributed by atoms with van der Waals surface area (Å²) in [6, 6.07) is 3.54. The van der Waals surface area contributed by atoms with Gasteiger partial charge in [-0.15, -0.1) is 0 Å². The SMILES string of the molecule is CC(C)CN(CC(N)=O)c1c(F)cc(C#N)cc1F. The molecule has 1 aromatic carbocycles. The van der Waals surface area contributed by atoms with Crippen molar-refractivity contribution in [1.29, 1.82) is 5.26 Å². The first kappa shape index (κ1) is 14.9. The molecular weight excluding hydrogens is 252 g/mol. The molecule has 102 valence electrons. The van der Waals surface area contributed by atoms with Gasteiger partial charge >= 0.3 is 0 Å². The second-order valence-corrected chi connectivity index (χ2v) is 4.64. The van der Waals surface area contributed by atoms with E-state index in [0.717, 1.165) is 12.1 Å². The molecule has 0 saturated heterocycles. The van der Waals surface area contributed by atoms with E-state index in [1.807, 2.05) is 13.8 Å². The molecule has 2 N–H and O–H groups in total. The van der Waals surface area contributed by atoms with Gasteiger partial charge in [-0.1, -0.05) is 13.8 Å². The van der Waals surface area contributed by atoms with Crippen molar-refractivity contribution in [2.75, 3.05) is 18.0 Å². The number of halogens is 2. The molecule has 0 heterocycles. The molecule has 1 amide bonds. The third-order valence-electron chi connectivity index (χ3n) is 2.39.